The third-order valence-electron chi connectivity index (χ3n) is 3.83. The second-order valence-corrected chi connectivity index (χ2v) is 8.41. The zero-order valence-electron chi connectivity index (χ0n) is 16.5. The smallest absolute Gasteiger partial charge is 0.227 e. The molecule has 0 aliphatic rings. The van der Waals surface area contributed by atoms with Gasteiger partial charge in [0.05, 0.1) is 7.11 Å². The standard InChI is InChI=1S/C20H29N3O3/c1-19(2,3)13-20(4,5)22-16(24)11-12-17-21-18(23-26-17)14-7-9-15(25-6)10-8-14/h7-10H,11-13H2,1-6H3,(H,22,24). The van der Waals surface area contributed by atoms with Crippen molar-refractivity contribution in [2.45, 2.75) is 59.4 Å². The van der Waals surface area contributed by atoms with Gasteiger partial charge in [0.2, 0.25) is 17.6 Å². The van der Waals surface area contributed by atoms with Crippen LogP contribution in [0.25, 0.3) is 11.4 Å². The van der Waals surface area contributed by atoms with Crippen LogP contribution in [0, 0.1) is 5.41 Å². The highest BCUT2D eigenvalue weighted by molar-refractivity contribution is 5.76. The number of nitrogens with zero attached hydrogens (tertiary/aromatic N) is 2. The SMILES string of the molecule is COc1ccc(-c2noc(CCC(=O)NC(C)(C)CC(C)(C)C)n2)cc1. The molecular weight excluding hydrogens is 330 g/mol. The van der Waals surface area contributed by atoms with Gasteiger partial charge in [0.1, 0.15) is 5.75 Å². The molecule has 0 aliphatic carbocycles. The highest BCUT2D eigenvalue weighted by atomic mass is 16.5. The van der Waals surface area contributed by atoms with Crippen LogP contribution in [-0.2, 0) is 11.2 Å². The number of hydrogen-bond acceptors (Lipinski definition) is 5. The molecule has 1 heterocycles. The van der Waals surface area contributed by atoms with Crippen molar-refractivity contribution in [1.82, 2.24) is 15.5 Å². The molecule has 1 aromatic carbocycles. The number of aryl methyl sites for hydroxylation is 1. The lowest BCUT2D eigenvalue weighted by Crippen LogP contribution is -2.45. The van der Waals surface area contributed by atoms with Gasteiger partial charge in [0.15, 0.2) is 0 Å². The Morgan fingerprint density at radius 3 is 2.38 bits per heavy atom. The normalized spacial score (nSPS) is 12.1. The van der Waals surface area contributed by atoms with Crippen LogP contribution in [0.2, 0.25) is 0 Å². The summed E-state index contributed by atoms with van der Waals surface area (Å²) in [7, 11) is 1.62. The maximum absolute atomic E-state index is 12.3. The van der Waals surface area contributed by atoms with Crippen molar-refractivity contribution >= 4 is 5.91 Å². The Bertz CT molecular complexity index is 728. The van der Waals surface area contributed by atoms with Crippen LogP contribution in [0.1, 0.15) is 53.4 Å². The third kappa shape index (κ3) is 6.17. The fraction of sp³-hybridized carbons (Fsp3) is 0.550. The Kier molecular flexibility index (Phi) is 6.05. The van der Waals surface area contributed by atoms with E-state index in [4.69, 9.17) is 9.26 Å². The van der Waals surface area contributed by atoms with Crippen molar-refractivity contribution in [1.29, 1.82) is 0 Å². The minimum absolute atomic E-state index is 0.0107. The Hall–Kier alpha value is -2.37. The van der Waals surface area contributed by atoms with Crippen molar-refractivity contribution < 1.29 is 14.1 Å². The monoisotopic (exact) mass is 359 g/mol. The van der Waals surface area contributed by atoms with Gasteiger partial charge >= 0.3 is 0 Å². The molecule has 0 bridgehead atoms. The highest BCUT2D eigenvalue weighted by Gasteiger charge is 2.27. The van der Waals surface area contributed by atoms with Gasteiger partial charge in [0, 0.05) is 23.9 Å². The van der Waals surface area contributed by atoms with Gasteiger partial charge in [0.25, 0.3) is 0 Å². The summed E-state index contributed by atoms with van der Waals surface area (Å²) in [4.78, 5) is 16.6. The first kappa shape index (κ1) is 19.9. The van der Waals surface area contributed by atoms with Crippen LogP contribution >= 0.6 is 0 Å². The van der Waals surface area contributed by atoms with E-state index in [1.807, 2.05) is 38.1 Å². The molecule has 6 heteroatoms. The zero-order chi connectivity index (χ0) is 19.4. The number of carbonyl (C=O) groups is 1. The molecule has 0 saturated carbocycles. The van der Waals surface area contributed by atoms with Crippen LogP contribution in [0.4, 0.5) is 0 Å². The topological polar surface area (TPSA) is 77.2 Å². The molecule has 0 radical (unpaired) electrons. The molecule has 0 fully saturated rings. The lowest BCUT2D eigenvalue weighted by Gasteiger charge is -2.33. The van der Waals surface area contributed by atoms with Crippen molar-refractivity contribution in [3.05, 3.63) is 30.2 Å². The molecule has 26 heavy (non-hydrogen) atoms. The number of amides is 1. The van der Waals surface area contributed by atoms with E-state index < -0.39 is 0 Å². The fourth-order valence-corrected chi connectivity index (χ4v) is 3.24. The van der Waals surface area contributed by atoms with E-state index in [-0.39, 0.29) is 16.9 Å². The molecule has 142 valence electrons. The van der Waals surface area contributed by atoms with Gasteiger partial charge in [-0.15, -0.1) is 0 Å². The van der Waals surface area contributed by atoms with Crippen LogP contribution in [-0.4, -0.2) is 28.7 Å². The summed E-state index contributed by atoms with van der Waals surface area (Å²) >= 11 is 0. The predicted octanol–water partition coefficient (Wildman–Crippen LogP) is 4.01. The molecule has 2 aromatic rings. The third-order valence-corrected chi connectivity index (χ3v) is 3.83. The van der Waals surface area contributed by atoms with E-state index in [0.717, 1.165) is 17.7 Å². The number of rotatable bonds is 7. The van der Waals surface area contributed by atoms with Gasteiger partial charge in [-0.1, -0.05) is 25.9 Å². The number of aromatic nitrogens is 2. The van der Waals surface area contributed by atoms with Crippen LogP contribution < -0.4 is 10.1 Å². The van der Waals surface area contributed by atoms with E-state index in [0.29, 0.717) is 24.6 Å². The van der Waals surface area contributed by atoms with Crippen molar-refractivity contribution in [2.75, 3.05) is 7.11 Å². The van der Waals surface area contributed by atoms with E-state index in [2.05, 4.69) is 36.2 Å². The molecule has 1 amide bonds. The Morgan fingerprint density at radius 1 is 1.15 bits per heavy atom. The quantitative estimate of drug-likeness (QED) is 0.808. The lowest BCUT2D eigenvalue weighted by molar-refractivity contribution is -0.123. The molecule has 6 nitrogen and oxygen atoms in total. The van der Waals surface area contributed by atoms with Gasteiger partial charge in [-0.2, -0.15) is 4.98 Å². The Balaban J connectivity index is 1.90. The van der Waals surface area contributed by atoms with Crippen molar-refractivity contribution in [3.8, 4) is 17.1 Å². The highest BCUT2D eigenvalue weighted by Crippen LogP contribution is 2.27. The predicted molar refractivity (Wildman–Crippen MR) is 101 cm³/mol. The summed E-state index contributed by atoms with van der Waals surface area (Å²) < 4.78 is 10.4. The fourth-order valence-electron chi connectivity index (χ4n) is 3.24. The summed E-state index contributed by atoms with van der Waals surface area (Å²) in [6.45, 7) is 10.6. The van der Waals surface area contributed by atoms with Crippen molar-refractivity contribution in [3.63, 3.8) is 0 Å². The maximum atomic E-state index is 12.3. The number of carbonyl (C=O) groups excluding carboxylic acids is 1. The average molecular weight is 359 g/mol. The van der Waals surface area contributed by atoms with E-state index in [9.17, 15) is 4.79 Å². The summed E-state index contributed by atoms with van der Waals surface area (Å²) in [6.07, 6.45) is 1.63. The molecule has 1 N–H and O–H groups in total. The van der Waals surface area contributed by atoms with Gasteiger partial charge in [-0.05, 0) is 49.9 Å². The summed E-state index contributed by atoms with van der Waals surface area (Å²) in [6, 6.07) is 7.43. The molecule has 0 spiro atoms. The van der Waals surface area contributed by atoms with Crippen LogP contribution in [0.5, 0.6) is 5.75 Å². The lowest BCUT2D eigenvalue weighted by atomic mass is 9.82. The average Bonchev–Trinajstić information content (AvgIpc) is 2.99. The van der Waals surface area contributed by atoms with Crippen LogP contribution in [0.3, 0.4) is 0 Å². The van der Waals surface area contributed by atoms with Gasteiger partial charge < -0.3 is 14.6 Å². The molecular formula is C20H29N3O3. The van der Waals surface area contributed by atoms with Crippen molar-refractivity contribution in [2.24, 2.45) is 5.41 Å². The largest absolute Gasteiger partial charge is 0.497 e. The first-order chi connectivity index (χ1) is 12.1. The molecule has 0 saturated heterocycles. The molecule has 0 atom stereocenters. The summed E-state index contributed by atoms with van der Waals surface area (Å²) in [5, 5.41) is 7.08. The molecule has 0 aliphatic heterocycles. The minimum Gasteiger partial charge on any atom is -0.497 e. The molecule has 1 aromatic heterocycles. The maximum Gasteiger partial charge on any atom is 0.227 e. The Labute approximate surface area is 155 Å². The number of nitrogens with one attached hydrogen (secondary N) is 1. The van der Waals surface area contributed by atoms with E-state index in [1.54, 1.807) is 7.11 Å². The summed E-state index contributed by atoms with van der Waals surface area (Å²) in [5.41, 5.74) is 0.742. The number of methoxy groups -OCH3 is 1. The number of ether oxygens (including phenoxy) is 1. The first-order valence-electron chi connectivity index (χ1n) is 8.86. The second kappa shape index (κ2) is 7.89. The molecule has 0 unspecified atom stereocenters. The number of hydrogen-bond donors (Lipinski definition) is 1. The van der Waals surface area contributed by atoms with E-state index >= 15 is 0 Å². The zero-order valence-corrected chi connectivity index (χ0v) is 16.5. The number of benzene rings is 1. The molecule has 2 rings (SSSR count). The first-order valence-corrected chi connectivity index (χ1v) is 8.86. The van der Waals surface area contributed by atoms with Gasteiger partial charge in [-0.25, -0.2) is 0 Å². The van der Waals surface area contributed by atoms with Gasteiger partial charge in [-0.3, -0.25) is 4.79 Å². The minimum atomic E-state index is -0.252. The second-order valence-electron chi connectivity index (χ2n) is 8.41. The summed E-state index contributed by atoms with van der Waals surface area (Å²) in [5.74, 6) is 1.73. The Morgan fingerprint density at radius 2 is 1.81 bits per heavy atom. The van der Waals surface area contributed by atoms with E-state index in [1.165, 1.54) is 0 Å². The van der Waals surface area contributed by atoms with Crippen LogP contribution in [0.15, 0.2) is 28.8 Å².